The molecular weight excluding hydrogens is 596 g/mol. The lowest BCUT2D eigenvalue weighted by Gasteiger charge is -2.30. The Kier molecular flexibility index (Phi) is 18.7. The number of imide groups is 2. The molecule has 10 nitrogen and oxygen atoms in total. The molecule has 0 spiro atoms. The van der Waals surface area contributed by atoms with Crippen LogP contribution < -0.4 is 10.6 Å². The number of rotatable bonds is 14. The summed E-state index contributed by atoms with van der Waals surface area (Å²) >= 11 is 0. The van der Waals surface area contributed by atoms with Gasteiger partial charge in [0, 0.05) is 25.0 Å². The number of nitrogens with one attached hydrogen (secondary N) is 2. The molecule has 2 N–H and O–H groups in total. The number of hydrogen-bond donors (Lipinski definition) is 2. The molecule has 0 aromatic heterocycles. The Morgan fingerprint density at radius 1 is 0.617 bits per heavy atom. The molecule has 0 saturated heterocycles. The fourth-order valence-electron chi connectivity index (χ4n) is 5.75. The molecule has 2 rings (SSSR count). The van der Waals surface area contributed by atoms with Gasteiger partial charge in [-0.1, -0.05) is 76.7 Å². The van der Waals surface area contributed by atoms with E-state index in [1.807, 2.05) is 41.5 Å². The predicted molar refractivity (Wildman–Crippen MR) is 188 cm³/mol. The van der Waals surface area contributed by atoms with Gasteiger partial charge in [0.15, 0.2) is 0 Å². The first-order chi connectivity index (χ1) is 21.3. The standard InChI is InChI=1S/2C18H30N2O3.CH4/c2*1-7-16(21)19-14(8-11(2)3)18(23)20-15(9-12(4)5)13(6)10-17(20)22;/h2*10-12,14-15H,7-9H2,1-6H3,(H,19,21);1H4/t2*14-,15+;/m11./s1. The van der Waals surface area contributed by atoms with Crippen LogP contribution in [0.2, 0.25) is 0 Å². The average molecular weight is 661 g/mol. The van der Waals surface area contributed by atoms with Crippen LogP contribution in [0.1, 0.15) is 129 Å². The summed E-state index contributed by atoms with van der Waals surface area (Å²) in [5.74, 6) is -0.199. The third kappa shape index (κ3) is 13.4. The molecule has 0 saturated carbocycles. The van der Waals surface area contributed by atoms with Crippen molar-refractivity contribution in [3.63, 3.8) is 0 Å². The zero-order valence-corrected chi connectivity index (χ0v) is 30.4. The number of carbonyl (C=O) groups is 6. The molecule has 0 aliphatic carbocycles. The van der Waals surface area contributed by atoms with Gasteiger partial charge < -0.3 is 10.6 Å². The lowest BCUT2D eigenvalue weighted by Crippen LogP contribution is -2.52. The highest BCUT2D eigenvalue weighted by Gasteiger charge is 2.40. The molecule has 268 valence electrons. The summed E-state index contributed by atoms with van der Waals surface area (Å²) in [6, 6.07) is -1.66. The topological polar surface area (TPSA) is 133 Å². The van der Waals surface area contributed by atoms with E-state index in [0.717, 1.165) is 24.0 Å². The number of nitrogens with zero attached hydrogens (tertiary/aromatic N) is 2. The molecule has 0 aromatic carbocycles. The van der Waals surface area contributed by atoms with Crippen molar-refractivity contribution in [2.24, 2.45) is 23.7 Å². The highest BCUT2D eigenvalue weighted by Crippen LogP contribution is 2.28. The van der Waals surface area contributed by atoms with Crippen molar-refractivity contribution in [1.82, 2.24) is 20.4 Å². The zero-order chi connectivity index (χ0) is 35.5. The summed E-state index contributed by atoms with van der Waals surface area (Å²) in [4.78, 5) is 76.6. The monoisotopic (exact) mass is 660 g/mol. The smallest absolute Gasteiger partial charge is 0.253 e. The van der Waals surface area contributed by atoms with Gasteiger partial charge in [-0.25, -0.2) is 0 Å². The molecule has 0 fully saturated rings. The average Bonchev–Trinajstić information content (AvgIpc) is 3.37. The molecule has 0 radical (unpaired) electrons. The summed E-state index contributed by atoms with van der Waals surface area (Å²) in [5.41, 5.74) is 1.84. The molecule has 4 atom stereocenters. The normalized spacial score (nSPS) is 18.9. The first-order valence-corrected chi connectivity index (χ1v) is 17.0. The fraction of sp³-hybridized carbons (Fsp3) is 0.730. The zero-order valence-electron chi connectivity index (χ0n) is 30.4. The van der Waals surface area contributed by atoms with Crippen LogP contribution in [0, 0.1) is 23.7 Å². The van der Waals surface area contributed by atoms with E-state index >= 15 is 0 Å². The van der Waals surface area contributed by atoms with Gasteiger partial charge in [0.1, 0.15) is 12.1 Å². The summed E-state index contributed by atoms with van der Waals surface area (Å²) in [7, 11) is 0. The molecule has 2 heterocycles. The highest BCUT2D eigenvalue weighted by atomic mass is 16.2. The SMILES string of the molecule is C.CCC(=O)N[C@H](CC(C)C)C(=O)N1C(=O)C=C(C)[C@@H]1CC(C)C.CCC(=O)N[C@H](CC(C)C)C(=O)N1C(=O)C=C(C)[C@@H]1CC(C)C. The second-order valence-electron chi connectivity index (χ2n) is 14.4. The van der Waals surface area contributed by atoms with E-state index in [2.05, 4.69) is 38.3 Å². The van der Waals surface area contributed by atoms with Gasteiger partial charge >= 0.3 is 0 Å². The van der Waals surface area contributed by atoms with E-state index < -0.39 is 12.1 Å². The van der Waals surface area contributed by atoms with Crippen LogP contribution in [-0.2, 0) is 28.8 Å². The van der Waals surface area contributed by atoms with Crippen molar-refractivity contribution in [3.05, 3.63) is 23.3 Å². The van der Waals surface area contributed by atoms with E-state index in [9.17, 15) is 28.8 Å². The first kappa shape index (κ1) is 43.7. The van der Waals surface area contributed by atoms with Gasteiger partial charge in [0.05, 0.1) is 12.1 Å². The molecule has 47 heavy (non-hydrogen) atoms. The van der Waals surface area contributed by atoms with Gasteiger partial charge in [-0.3, -0.25) is 38.6 Å². The Morgan fingerprint density at radius 3 is 1.15 bits per heavy atom. The third-order valence-corrected chi connectivity index (χ3v) is 8.04. The molecule has 0 bridgehead atoms. The van der Waals surface area contributed by atoms with Crippen molar-refractivity contribution in [2.45, 2.75) is 153 Å². The van der Waals surface area contributed by atoms with E-state index in [1.165, 1.54) is 9.80 Å². The largest absolute Gasteiger partial charge is 0.344 e. The van der Waals surface area contributed by atoms with Crippen molar-refractivity contribution >= 4 is 35.4 Å². The minimum absolute atomic E-state index is 0. The van der Waals surface area contributed by atoms with E-state index in [4.69, 9.17) is 0 Å². The number of carbonyl (C=O) groups excluding carboxylic acids is 6. The van der Waals surface area contributed by atoms with Crippen LogP contribution >= 0.6 is 0 Å². The van der Waals surface area contributed by atoms with E-state index in [1.54, 1.807) is 26.0 Å². The van der Waals surface area contributed by atoms with Gasteiger partial charge in [-0.15, -0.1) is 0 Å². The Morgan fingerprint density at radius 2 is 0.915 bits per heavy atom. The second-order valence-corrected chi connectivity index (χ2v) is 14.4. The first-order valence-electron chi connectivity index (χ1n) is 17.0. The minimum atomic E-state index is -0.639. The quantitative estimate of drug-likeness (QED) is 0.237. The maximum atomic E-state index is 12.9. The molecule has 2 aliphatic rings. The molecule has 6 amide bonds. The lowest BCUT2D eigenvalue weighted by molar-refractivity contribution is -0.147. The highest BCUT2D eigenvalue weighted by molar-refractivity contribution is 6.07. The van der Waals surface area contributed by atoms with Crippen LogP contribution in [0.25, 0.3) is 0 Å². The summed E-state index contributed by atoms with van der Waals surface area (Å²) < 4.78 is 0. The van der Waals surface area contributed by atoms with Crippen molar-refractivity contribution in [2.75, 3.05) is 0 Å². The van der Waals surface area contributed by atoms with Gasteiger partial charge in [-0.2, -0.15) is 0 Å². The molecular formula is C37H64N4O6. The maximum Gasteiger partial charge on any atom is 0.253 e. The van der Waals surface area contributed by atoms with Gasteiger partial charge in [-0.05, 0) is 74.3 Å². The van der Waals surface area contributed by atoms with Crippen LogP contribution in [0.5, 0.6) is 0 Å². The Bertz CT molecular complexity index is 1080. The van der Waals surface area contributed by atoms with E-state index in [0.29, 0.717) is 37.5 Å². The minimum Gasteiger partial charge on any atom is -0.344 e. The Hall–Kier alpha value is -3.30. The van der Waals surface area contributed by atoms with Crippen molar-refractivity contribution in [3.8, 4) is 0 Å². The molecule has 0 aromatic rings. The number of amides is 6. The Labute approximate surface area is 284 Å². The van der Waals surface area contributed by atoms with Gasteiger partial charge in [0.2, 0.25) is 11.8 Å². The summed E-state index contributed by atoms with van der Waals surface area (Å²) in [6.45, 7) is 23.6. The fourth-order valence-corrected chi connectivity index (χ4v) is 5.75. The maximum absolute atomic E-state index is 12.9. The second kappa shape index (κ2) is 20.2. The summed E-state index contributed by atoms with van der Waals surface area (Å²) in [5, 5.41) is 5.56. The molecule has 2 aliphatic heterocycles. The number of hydrogen-bond acceptors (Lipinski definition) is 6. The Balaban J connectivity index is 0.000000882. The van der Waals surface area contributed by atoms with Crippen LogP contribution in [0.3, 0.4) is 0 Å². The molecule has 10 heteroatoms. The van der Waals surface area contributed by atoms with E-state index in [-0.39, 0.29) is 66.8 Å². The third-order valence-electron chi connectivity index (χ3n) is 8.04. The lowest BCUT2D eigenvalue weighted by atomic mass is 9.97. The van der Waals surface area contributed by atoms with Crippen LogP contribution in [-0.4, -0.2) is 69.4 Å². The predicted octanol–water partition coefficient (Wildman–Crippen LogP) is 5.95. The van der Waals surface area contributed by atoms with Crippen LogP contribution in [0.4, 0.5) is 0 Å². The van der Waals surface area contributed by atoms with Crippen molar-refractivity contribution in [1.29, 1.82) is 0 Å². The molecule has 0 unspecified atom stereocenters. The van der Waals surface area contributed by atoms with Gasteiger partial charge in [0.25, 0.3) is 23.6 Å². The van der Waals surface area contributed by atoms with Crippen LogP contribution in [0.15, 0.2) is 23.3 Å². The summed E-state index contributed by atoms with van der Waals surface area (Å²) in [6.07, 6.45) is 6.28. The van der Waals surface area contributed by atoms with Crippen molar-refractivity contribution < 1.29 is 28.8 Å².